The normalized spacial score (nSPS) is 13.9. The van der Waals surface area contributed by atoms with Crippen molar-refractivity contribution in [2.24, 2.45) is 5.14 Å². The van der Waals surface area contributed by atoms with Crippen LogP contribution in [0.4, 0.5) is 0 Å². The highest BCUT2D eigenvalue weighted by Gasteiger charge is 2.29. The van der Waals surface area contributed by atoms with Gasteiger partial charge in [-0.05, 0) is 41.8 Å². The third-order valence-electron chi connectivity index (χ3n) is 4.49. The second-order valence-electron chi connectivity index (χ2n) is 6.47. The molecule has 0 aliphatic rings. The number of rotatable bonds is 5. The lowest BCUT2D eigenvalue weighted by molar-refractivity contribution is 0.158. The summed E-state index contributed by atoms with van der Waals surface area (Å²) in [6, 6.07) is 21.7. The first-order valence-corrected chi connectivity index (χ1v) is 10.7. The van der Waals surface area contributed by atoms with Crippen LogP contribution in [-0.2, 0) is 10.0 Å². The molecule has 0 saturated heterocycles. The van der Waals surface area contributed by atoms with Crippen molar-refractivity contribution < 1.29 is 13.5 Å². The summed E-state index contributed by atoms with van der Waals surface area (Å²) >= 11 is 3.39. The van der Waals surface area contributed by atoms with Crippen molar-refractivity contribution in [1.29, 1.82) is 0 Å². The van der Waals surface area contributed by atoms with Crippen molar-refractivity contribution in [1.82, 2.24) is 0 Å². The zero-order valence-electron chi connectivity index (χ0n) is 14.7. The van der Waals surface area contributed by atoms with Gasteiger partial charge in [-0.25, -0.2) is 13.6 Å². The minimum Gasteiger partial charge on any atom is -0.387 e. The van der Waals surface area contributed by atoms with Gasteiger partial charge in [0.25, 0.3) is 0 Å². The standard InChI is InChI=1S/C21H20BrNO3S/c1-14-7-12-19(27(23,25)26)18(13-14)20(15-5-3-2-4-6-15)21(24)16-8-10-17(22)11-9-16/h2-13,20-21,24H,1H3,(H2,23,25,26)/t20-,21-/m1/s1. The topological polar surface area (TPSA) is 80.4 Å². The molecule has 0 spiro atoms. The van der Waals surface area contributed by atoms with Crippen LogP contribution >= 0.6 is 15.9 Å². The number of aliphatic hydroxyl groups is 1. The molecule has 0 aliphatic heterocycles. The van der Waals surface area contributed by atoms with Crippen molar-refractivity contribution in [3.63, 3.8) is 0 Å². The highest BCUT2D eigenvalue weighted by Crippen LogP contribution is 2.40. The van der Waals surface area contributed by atoms with Gasteiger partial charge in [-0.1, -0.05) is 76.1 Å². The Hall–Kier alpha value is -1.99. The molecule has 0 radical (unpaired) electrons. The average Bonchev–Trinajstić information content (AvgIpc) is 2.62. The van der Waals surface area contributed by atoms with E-state index in [4.69, 9.17) is 5.14 Å². The van der Waals surface area contributed by atoms with E-state index >= 15 is 0 Å². The van der Waals surface area contributed by atoms with Crippen LogP contribution in [0.5, 0.6) is 0 Å². The maximum absolute atomic E-state index is 12.2. The largest absolute Gasteiger partial charge is 0.387 e. The first-order chi connectivity index (χ1) is 12.8. The first-order valence-electron chi connectivity index (χ1n) is 8.39. The number of halogens is 1. The number of aryl methyl sites for hydroxylation is 1. The fraction of sp³-hybridized carbons (Fsp3) is 0.143. The summed E-state index contributed by atoms with van der Waals surface area (Å²) in [6.07, 6.45) is -0.942. The van der Waals surface area contributed by atoms with E-state index in [1.165, 1.54) is 6.07 Å². The van der Waals surface area contributed by atoms with E-state index in [2.05, 4.69) is 15.9 Å². The molecule has 0 unspecified atom stereocenters. The van der Waals surface area contributed by atoms with Gasteiger partial charge in [0.1, 0.15) is 0 Å². The molecule has 3 rings (SSSR count). The number of hydrogen-bond acceptors (Lipinski definition) is 3. The lowest BCUT2D eigenvalue weighted by Crippen LogP contribution is -2.20. The maximum atomic E-state index is 12.2. The molecule has 0 aliphatic carbocycles. The van der Waals surface area contributed by atoms with Crippen molar-refractivity contribution in [3.05, 3.63) is 99.5 Å². The van der Waals surface area contributed by atoms with Gasteiger partial charge in [-0.15, -0.1) is 0 Å². The van der Waals surface area contributed by atoms with Crippen LogP contribution in [0.25, 0.3) is 0 Å². The van der Waals surface area contributed by atoms with Crippen molar-refractivity contribution in [3.8, 4) is 0 Å². The van der Waals surface area contributed by atoms with Gasteiger partial charge in [0.2, 0.25) is 10.0 Å². The summed E-state index contributed by atoms with van der Waals surface area (Å²) in [6.45, 7) is 1.88. The van der Waals surface area contributed by atoms with Crippen molar-refractivity contribution in [2.75, 3.05) is 0 Å². The maximum Gasteiger partial charge on any atom is 0.238 e. The van der Waals surface area contributed by atoms with Crippen LogP contribution in [0.3, 0.4) is 0 Å². The Morgan fingerprint density at radius 1 is 0.926 bits per heavy atom. The zero-order valence-corrected chi connectivity index (χ0v) is 17.1. The summed E-state index contributed by atoms with van der Waals surface area (Å²) in [5.74, 6) is -0.583. The van der Waals surface area contributed by atoms with Crippen LogP contribution in [0.2, 0.25) is 0 Å². The van der Waals surface area contributed by atoms with Crippen LogP contribution < -0.4 is 5.14 Å². The molecular weight excluding hydrogens is 426 g/mol. The van der Waals surface area contributed by atoms with Gasteiger partial charge < -0.3 is 5.11 Å². The van der Waals surface area contributed by atoms with Crippen LogP contribution in [0.1, 0.15) is 34.3 Å². The van der Waals surface area contributed by atoms with E-state index in [0.717, 1.165) is 15.6 Å². The highest BCUT2D eigenvalue weighted by molar-refractivity contribution is 9.10. The number of hydrogen-bond donors (Lipinski definition) is 2. The molecule has 0 saturated carbocycles. The predicted molar refractivity (Wildman–Crippen MR) is 110 cm³/mol. The summed E-state index contributed by atoms with van der Waals surface area (Å²) < 4.78 is 25.3. The second kappa shape index (κ2) is 7.94. The molecule has 6 heteroatoms. The molecule has 3 N–H and O–H groups in total. The molecule has 2 atom stereocenters. The van der Waals surface area contributed by atoms with E-state index in [1.54, 1.807) is 12.1 Å². The van der Waals surface area contributed by atoms with Crippen LogP contribution in [0.15, 0.2) is 82.2 Å². The summed E-state index contributed by atoms with van der Waals surface area (Å²) in [4.78, 5) is 0.0260. The van der Waals surface area contributed by atoms with E-state index in [0.29, 0.717) is 11.1 Å². The molecule has 3 aromatic carbocycles. The molecule has 0 amide bonds. The number of primary sulfonamides is 1. The minimum absolute atomic E-state index is 0.0260. The SMILES string of the molecule is Cc1ccc(S(N)(=O)=O)c([C@@H](c2ccccc2)[C@H](O)c2ccc(Br)cc2)c1. The van der Waals surface area contributed by atoms with Gasteiger partial charge in [0.05, 0.1) is 11.0 Å². The second-order valence-corrected chi connectivity index (χ2v) is 8.92. The lowest BCUT2D eigenvalue weighted by atomic mass is 9.83. The third-order valence-corrected chi connectivity index (χ3v) is 6.01. The predicted octanol–water partition coefficient (Wildman–Crippen LogP) is 4.27. The Labute approximate surface area is 167 Å². The number of sulfonamides is 1. The average molecular weight is 446 g/mol. The summed E-state index contributed by atoms with van der Waals surface area (Å²) in [5.41, 5.74) is 2.87. The quantitative estimate of drug-likeness (QED) is 0.614. The first kappa shape index (κ1) is 19.8. The number of nitrogens with two attached hydrogens (primary N) is 1. The van der Waals surface area contributed by atoms with Crippen molar-refractivity contribution in [2.45, 2.75) is 23.8 Å². The molecule has 0 heterocycles. The van der Waals surface area contributed by atoms with Gasteiger partial charge in [0, 0.05) is 10.4 Å². The van der Waals surface area contributed by atoms with E-state index < -0.39 is 22.0 Å². The number of benzene rings is 3. The van der Waals surface area contributed by atoms with Gasteiger partial charge >= 0.3 is 0 Å². The van der Waals surface area contributed by atoms with Crippen LogP contribution in [-0.4, -0.2) is 13.5 Å². The molecule has 4 nitrogen and oxygen atoms in total. The van der Waals surface area contributed by atoms with E-state index in [1.807, 2.05) is 61.5 Å². The Morgan fingerprint density at radius 2 is 1.56 bits per heavy atom. The molecule has 0 fully saturated rings. The Bertz CT molecular complexity index is 1030. The third kappa shape index (κ3) is 4.47. The van der Waals surface area contributed by atoms with Gasteiger partial charge in [-0.3, -0.25) is 0 Å². The van der Waals surface area contributed by atoms with E-state index in [-0.39, 0.29) is 4.90 Å². The summed E-state index contributed by atoms with van der Waals surface area (Å²) in [5, 5.41) is 16.7. The fourth-order valence-corrected chi connectivity index (χ4v) is 4.25. The molecular formula is C21H20BrNO3S. The Morgan fingerprint density at radius 3 is 2.15 bits per heavy atom. The van der Waals surface area contributed by atoms with Gasteiger partial charge in [-0.2, -0.15) is 0 Å². The highest BCUT2D eigenvalue weighted by atomic mass is 79.9. The molecule has 0 bridgehead atoms. The van der Waals surface area contributed by atoms with E-state index in [9.17, 15) is 13.5 Å². The fourth-order valence-electron chi connectivity index (χ4n) is 3.21. The number of aliphatic hydroxyl groups excluding tert-OH is 1. The lowest BCUT2D eigenvalue weighted by Gasteiger charge is -2.26. The molecule has 0 aromatic heterocycles. The molecule has 140 valence electrons. The van der Waals surface area contributed by atoms with Gasteiger partial charge in [0.15, 0.2) is 0 Å². The van der Waals surface area contributed by atoms with Crippen molar-refractivity contribution >= 4 is 26.0 Å². The molecule has 3 aromatic rings. The monoisotopic (exact) mass is 445 g/mol. The molecule has 27 heavy (non-hydrogen) atoms. The Balaban J connectivity index is 2.23. The Kier molecular flexibility index (Phi) is 5.81. The minimum atomic E-state index is -3.94. The zero-order chi connectivity index (χ0) is 19.6. The smallest absolute Gasteiger partial charge is 0.238 e. The van der Waals surface area contributed by atoms with Crippen LogP contribution in [0, 0.1) is 6.92 Å². The summed E-state index contributed by atoms with van der Waals surface area (Å²) in [7, 11) is -3.94.